The van der Waals surface area contributed by atoms with Crippen LogP contribution in [0.4, 0.5) is 0 Å². The first-order valence-electron chi connectivity index (χ1n) is 2.82. The Morgan fingerprint density at radius 1 is 1.62 bits per heavy atom. The lowest BCUT2D eigenvalue weighted by molar-refractivity contribution is 0.233. The van der Waals surface area contributed by atoms with E-state index in [-0.39, 0.29) is 0 Å². The average Bonchev–Trinajstić information content (AvgIpc) is 1.81. The van der Waals surface area contributed by atoms with E-state index < -0.39 is 0 Å². The highest BCUT2D eigenvalue weighted by Gasteiger charge is 1.77. The Bertz CT molecular complexity index is 59.5. The van der Waals surface area contributed by atoms with E-state index >= 15 is 0 Å². The van der Waals surface area contributed by atoms with Crippen molar-refractivity contribution in [3.63, 3.8) is 0 Å². The van der Waals surface area contributed by atoms with Crippen molar-refractivity contribution >= 4 is 0 Å². The van der Waals surface area contributed by atoms with Crippen LogP contribution in [0.2, 0.25) is 0 Å². The van der Waals surface area contributed by atoms with Gasteiger partial charge in [-0.15, -0.1) is 0 Å². The summed E-state index contributed by atoms with van der Waals surface area (Å²) in [6.07, 6.45) is 4.36. The first-order chi connectivity index (χ1) is 3.91. The fourth-order valence-corrected chi connectivity index (χ4v) is 0.339. The van der Waals surface area contributed by atoms with E-state index in [2.05, 4.69) is 6.92 Å². The molecular formula is C6H12O2. The van der Waals surface area contributed by atoms with E-state index in [1.807, 2.05) is 0 Å². The van der Waals surface area contributed by atoms with E-state index in [1.54, 1.807) is 0 Å². The molecule has 0 rings (SSSR count). The van der Waals surface area contributed by atoms with Crippen LogP contribution in [0, 0.1) is 0 Å². The van der Waals surface area contributed by atoms with Gasteiger partial charge in [-0.05, 0) is 6.42 Å². The molecule has 0 amide bonds. The molecular weight excluding hydrogens is 104 g/mol. The maximum atomic E-state index is 8.06. The van der Waals surface area contributed by atoms with Crippen LogP contribution in [0.15, 0.2) is 12.5 Å². The minimum atomic E-state index is 0.702. The quantitative estimate of drug-likeness (QED) is 0.448. The zero-order chi connectivity index (χ0) is 6.24. The minimum absolute atomic E-state index is 0.702. The van der Waals surface area contributed by atoms with E-state index in [0.29, 0.717) is 6.61 Å². The normalized spacial score (nSPS) is 10.1. The second-order valence-corrected chi connectivity index (χ2v) is 1.51. The summed E-state index contributed by atoms with van der Waals surface area (Å²) >= 11 is 0. The highest BCUT2D eigenvalue weighted by atomic mass is 16.5. The molecule has 2 nitrogen and oxygen atoms in total. The summed E-state index contributed by atoms with van der Waals surface area (Å²) in [7, 11) is 0. The van der Waals surface area contributed by atoms with Crippen LogP contribution in [0.25, 0.3) is 0 Å². The Balaban J connectivity index is 2.72. The number of aliphatic hydroxyl groups is 1. The molecule has 0 aromatic heterocycles. The third-order valence-corrected chi connectivity index (χ3v) is 0.773. The van der Waals surface area contributed by atoms with Crippen LogP contribution in [0.1, 0.15) is 19.8 Å². The molecule has 2 heteroatoms. The molecule has 0 spiro atoms. The average molecular weight is 116 g/mol. The SMILES string of the molecule is CCCCO/C=C\O. The molecule has 0 unspecified atom stereocenters. The zero-order valence-corrected chi connectivity index (χ0v) is 5.13. The summed E-state index contributed by atoms with van der Waals surface area (Å²) in [5.74, 6) is 0. The van der Waals surface area contributed by atoms with Crippen LogP contribution in [-0.4, -0.2) is 11.7 Å². The zero-order valence-electron chi connectivity index (χ0n) is 5.13. The lowest BCUT2D eigenvalue weighted by Crippen LogP contribution is -1.84. The number of ether oxygens (including phenoxy) is 1. The van der Waals surface area contributed by atoms with Gasteiger partial charge in [-0.25, -0.2) is 0 Å². The molecule has 0 saturated carbocycles. The van der Waals surface area contributed by atoms with Crippen LogP contribution in [-0.2, 0) is 4.74 Å². The Hall–Kier alpha value is -0.660. The Labute approximate surface area is 49.8 Å². The smallest absolute Gasteiger partial charge is 0.117 e. The summed E-state index contributed by atoms with van der Waals surface area (Å²) < 4.78 is 4.79. The van der Waals surface area contributed by atoms with Crippen LogP contribution in [0.3, 0.4) is 0 Å². The van der Waals surface area contributed by atoms with Gasteiger partial charge in [0.25, 0.3) is 0 Å². The predicted molar refractivity (Wildman–Crippen MR) is 32.6 cm³/mol. The second-order valence-electron chi connectivity index (χ2n) is 1.51. The van der Waals surface area contributed by atoms with Gasteiger partial charge in [-0.2, -0.15) is 0 Å². The molecule has 8 heavy (non-hydrogen) atoms. The van der Waals surface area contributed by atoms with E-state index in [9.17, 15) is 0 Å². The van der Waals surface area contributed by atoms with Gasteiger partial charge in [0, 0.05) is 0 Å². The molecule has 0 fully saturated rings. The monoisotopic (exact) mass is 116 g/mol. The van der Waals surface area contributed by atoms with Crippen LogP contribution in [0.5, 0.6) is 0 Å². The second kappa shape index (κ2) is 6.34. The van der Waals surface area contributed by atoms with Crippen LogP contribution >= 0.6 is 0 Å². The molecule has 1 N–H and O–H groups in total. The van der Waals surface area contributed by atoms with Crippen molar-refractivity contribution in [3.8, 4) is 0 Å². The van der Waals surface area contributed by atoms with E-state index in [1.165, 1.54) is 6.26 Å². The molecule has 0 saturated heterocycles. The van der Waals surface area contributed by atoms with Gasteiger partial charge in [0.05, 0.1) is 6.61 Å². The number of hydrogen-bond donors (Lipinski definition) is 1. The fraction of sp³-hybridized carbons (Fsp3) is 0.667. The van der Waals surface area contributed by atoms with Crippen molar-refractivity contribution in [1.82, 2.24) is 0 Å². The number of unbranched alkanes of at least 4 members (excludes halogenated alkanes) is 1. The van der Waals surface area contributed by atoms with Gasteiger partial charge in [-0.1, -0.05) is 13.3 Å². The molecule has 0 aromatic rings. The maximum absolute atomic E-state index is 8.06. The summed E-state index contributed by atoms with van der Waals surface area (Å²) in [6, 6.07) is 0. The molecule has 0 aromatic carbocycles. The largest absolute Gasteiger partial charge is 0.512 e. The summed E-state index contributed by atoms with van der Waals surface area (Å²) in [5.41, 5.74) is 0. The molecule has 0 heterocycles. The van der Waals surface area contributed by atoms with Gasteiger partial charge >= 0.3 is 0 Å². The molecule has 0 aliphatic rings. The first-order valence-corrected chi connectivity index (χ1v) is 2.82. The first kappa shape index (κ1) is 7.34. The highest BCUT2D eigenvalue weighted by Crippen LogP contribution is 1.86. The summed E-state index contributed by atoms with van der Waals surface area (Å²) in [6.45, 7) is 2.79. The Kier molecular flexibility index (Phi) is 5.82. The molecule has 0 bridgehead atoms. The van der Waals surface area contributed by atoms with Crippen molar-refractivity contribution in [1.29, 1.82) is 0 Å². The van der Waals surface area contributed by atoms with Crippen molar-refractivity contribution in [3.05, 3.63) is 12.5 Å². The minimum Gasteiger partial charge on any atom is -0.512 e. The predicted octanol–water partition coefficient (Wildman–Crippen LogP) is 1.83. The molecule has 0 atom stereocenters. The Morgan fingerprint density at radius 3 is 2.88 bits per heavy atom. The van der Waals surface area contributed by atoms with Gasteiger partial charge < -0.3 is 9.84 Å². The van der Waals surface area contributed by atoms with Crippen molar-refractivity contribution in [2.45, 2.75) is 19.8 Å². The van der Waals surface area contributed by atoms with E-state index in [4.69, 9.17) is 9.84 Å². The van der Waals surface area contributed by atoms with Crippen molar-refractivity contribution in [2.75, 3.05) is 6.61 Å². The standard InChI is InChI=1S/C6H12O2/c1-2-3-5-8-6-4-7/h4,6-7H,2-3,5H2,1H3/b6-4-. The lowest BCUT2D eigenvalue weighted by Gasteiger charge is -1.94. The summed E-state index contributed by atoms with van der Waals surface area (Å²) in [5, 5.41) is 8.06. The third-order valence-electron chi connectivity index (χ3n) is 0.773. The number of rotatable bonds is 4. The van der Waals surface area contributed by atoms with Gasteiger partial charge in [0.15, 0.2) is 0 Å². The number of aliphatic hydroxyl groups excluding tert-OH is 1. The van der Waals surface area contributed by atoms with Crippen molar-refractivity contribution in [2.24, 2.45) is 0 Å². The van der Waals surface area contributed by atoms with Gasteiger partial charge in [-0.3, -0.25) is 0 Å². The fourth-order valence-electron chi connectivity index (χ4n) is 0.339. The maximum Gasteiger partial charge on any atom is 0.117 e. The lowest BCUT2D eigenvalue weighted by atomic mass is 10.4. The van der Waals surface area contributed by atoms with Crippen LogP contribution < -0.4 is 0 Å². The van der Waals surface area contributed by atoms with E-state index in [0.717, 1.165) is 19.1 Å². The number of hydrogen-bond acceptors (Lipinski definition) is 2. The van der Waals surface area contributed by atoms with Gasteiger partial charge in [0.1, 0.15) is 12.5 Å². The third kappa shape index (κ3) is 5.34. The molecule has 48 valence electrons. The molecule has 0 aliphatic heterocycles. The topological polar surface area (TPSA) is 29.5 Å². The molecule has 0 aliphatic carbocycles. The van der Waals surface area contributed by atoms with Crippen molar-refractivity contribution < 1.29 is 9.84 Å². The summed E-state index contributed by atoms with van der Waals surface area (Å²) in [4.78, 5) is 0. The highest BCUT2D eigenvalue weighted by molar-refractivity contribution is 4.56. The molecule has 0 radical (unpaired) electrons. The Morgan fingerprint density at radius 2 is 2.38 bits per heavy atom. The van der Waals surface area contributed by atoms with Gasteiger partial charge in [0.2, 0.25) is 0 Å².